The zero-order valence-corrected chi connectivity index (χ0v) is 21.0. The molecular weight excluding hydrogens is 456 g/mol. The molecule has 1 atom stereocenters. The third kappa shape index (κ3) is 6.50. The predicted molar refractivity (Wildman–Crippen MR) is 137 cm³/mol. The van der Waals surface area contributed by atoms with Crippen molar-refractivity contribution in [3.05, 3.63) is 65.2 Å². The molecule has 36 heavy (non-hydrogen) atoms. The molecular formula is C28H36N4O4. The Morgan fingerprint density at radius 1 is 1.06 bits per heavy atom. The van der Waals surface area contributed by atoms with E-state index >= 15 is 0 Å². The first kappa shape index (κ1) is 25.9. The first-order valence-electron chi connectivity index (χ1n) is 12.9. The van der Waals surface area contributed by atoms with Crippen molar-refractivity contribution >= 4 is 17.7 Å². The summed E-state index contributed by atoms with van der Waals surface area (Å²) in [7, 11) is 0. The summed E-state index contributed by atoms with van der Waals surface area (Å²) in [5, 5.41) is 2.91. The van der Waals surface area contributed by atoms with E-state index in [1.54, 1.807) is 29.3 Å². The van der Waals surface area contributed by atoms with E-state index in [-0.39, 0.29) is 18.2 Å². The molecule has 2 aromatic carbocycles. The summed E-state index contributed by atoms with van der Waals surface area (Å²) in [5.74, 6) is 0.481. The number of piperidine rings is 1. The molecule has 8 heteroatoms. The van der Waals surface area contributed by atoms with Crippen LogP contribution in [-0.4, -0.2) is 65.4 Å². The van der Waals surface area contributed by atoms with Gasteiger partial charge in [0.05, 0.1) is 17.7 Å². The molecule has 4 rings (SSSR count). The minimum atomic E-state index is -0.403. The van der Waals surface area contributed by atoms with Gasteiger partial charge < -0.3 is 10.5 Å². The van der Waals surface area contributed by atoms with E-state index in [2.05, 4.69) is 24.0 Å². The summed E-state index contributed by atoms with van der Waals surface area (Å²) >= 11 is 0. The summed E-state index contributed by atoms with van der Waals surface area (Å²) in [5.41, 5.74) is 7.33. The summed E-state index contributed by atoms with van der Waals surface area (Å²) in [6, 6.07) is 15.0. The molecule has 1 saturated heterocycles. The highest BCUT2D eigenvalue weighted by molar-refractivity contribution is 6.20. The highest BCUT2D eigenvalue weighted by Gasteiger charge is 2.38. The fourth-order valence-corrected chi connectivity index (χ4v) is 5.04. The van der Waals surface area contributed by atoms with Crippen molar-refractivity contribution in [1.82, 2.24) is 14.9 Å². The maximum Gasteiger partial charge on any atom is 0.276 e. The number of rotatable bonds is 12. The molecule has 0 bridgehead atoms. The molecule has 3 amide bonds. The lowest BCUT2D eigenvalue weighted by Gasteiger charge is -2.31. The third-order valence-electron chi connectivity index (χ3n) is 6.77. The van der Waals surface area contributed by atoms with Crippen molar-refractivity contribution in [3.8, 4) is 5.75 Å². The highest BCUT2D eigenvalue weighted by Crippen LogP contribution is 2.25. The molecule has 8 nitrogen and oxygen atoms in total. The quantitative estimate of drug-likeness (QED) is 0.360. The second-order valence-electron chi connectivity index (χ2n) is 9.82. The Bertz CT molecular complexity index is 1050. The number of carbonyl (C=O) groups is 3. The number of hydrazine groups is 1. The van der Waals surface area contributed by atoms with Crippen LogP contribution >= 0.6 is 0 Å². The number of ether oxygens (including phenoxy) is 1. The number of benzene rings is 2. The Morgan fingerprint density at radius 2 is 1.78 bits per heavy atom. The van der Waals surface area contributed by atoms with Gasteiger partial charge in [0.2, 0.25) is 5.91 Å². The Kier molecular flexibility index (Phi) is 8.72. The van der Waals surface area contributed by atoms with Crippen molar-refractivity contribution in [1.29, 1.82) is 0 Å². The first-order valence-corrected chi connectivity index (χ1v) is 12.9. The molecule has 2 aliphatic rings. The molecule has 1 unspecified atom stereocenters. The van der Waals surface area contributed by atoms with Gasteiger partial charge >= 0.3 is 0 Å². The highest BCUT2D eigenvalue weighted by atomic mass is 16.5. The number of amides is 3. The molecule has 0 radical (unpaired) electrons. The maximum absolute atomic E-state index is 13.0. The van der Waals surface area contributed by atoms with Crippen LogP contribution in [0.3, 0.4) is 0 Å². The van der Waals surface area contributed by atoms with Gasteiger partial charge in [-0.2, -0.15) is 0 Å². The maximum atomic E-state index is 13.0. The molecule has 0 aliphatic carbocycles. The Hall–Kier alpha value is -3.23. The monoisotopic (exact) mass is 492 g/mol. The van der Waals surface area contributed by atoms with Gasteiger partial charge in [-0.15, -0.1) is 0 Å². The van der Waals surface area contributed by atoms with E-state index in [9.17, 15) is 14.4 Å². The number of hydrogen-bond donors (Lipinski definition) is 1. The zero-order valence-electron chi connectivity index (χ0n) is 21.0. The average Bonchev–Trinajstić information content (AvgIpc) is 3.11. The lowest BCUT2D eigenvalue weighted by molar-refractivity contribution is -0.118. The van der Waals surface area contributed by atoms with Gasteiger partial charge in [0.25, 0.3) is 11.8 Å². The van der Waals surface area contributed by atoms with E-state index < -0.39 is 5.91 Å². The minimum Gasteiger partial charge on any atom is -0.494 e. The van der Waals surface area contributed by atoms with Gasteiger partial charge in [-0.3, -0.25) is 19.3 Å². The van der Waals surface area contributed by atoms with Gasteiger partial charge in [0, 0.05) is 32.6 Å². The molecule has 2 aromatic rings. The standard InChI is InChI=1S/C28H36N4O4/c1-21-8-5-14-30(19-21)20-22-9-4-10-23(18-22)36-17-7-16-31(15-6-13-26(29)33)32-27(34)24-11-2-3-12-25(24)28(32)35/h2-4,9-12,18,21H,5-8,13-17,19-20H2,1H3,(H2,29,33). The van der Waals surface area contributed by atoms with Crippen LogP contribution in [-0.2, 0) is 11.3 Å². The van der Waals surface area contributed by atoms with Crippen LogP contribution in [0.25, 0.3) is 0 Å². The Balaban J connectivity index is 1.32. The number of fused-ring (bicyclic) bond motifs is 1. The molecule has 192 valence electrons. The number of hydrogen-bond acceptors (Lipinski definition) is 6. The molecule has 2 N–H and O–H groups in total. The summed E-state index contributed by atoms with van der Waals surface area (Å²) in [6.07, 6.45) is 3.82. The van der Waals surface area contributed by atoms with Crippen molar-refractivity contribution in [3.63, 3.8) is 0 Å². The number of nitrogens with zero attached hydrogens (tertiary/aromatic N) is 3. The summed E-state index contributed by atoms with van der Waals surface area (Å²) in [6.45, 7) is 6.76. The van der Waals surface area contributed by atoms with Gasteiger partial charge in [-0.1, -0.05) is 31.2 Å². The lowest BCUT2D eigenvalue weighted by atomic mass is 10.00. The van der Waals surface area contributed by atoms with Crippen LogP contribution in [0.2, 0.25) is 0 Å². The molecule has 0 aromatic heterocycles. The smallest absolute Gasteiger partial charge is 0.276 e. The van der Waals surface area contributed by atoms with Crippen molar-refractivity contribution in [2.24, 2.45) is 11.7 Å². The molecule has 2 aliphatic heterocycles. The number of primary amides is 1. The van der Waals surface area contributed by atoms with Gasteiger partial charge in [0.15, 0.2) is 0 Å². The van der Waals surface area contributed by atoms with Crippen LogP contribution in [0.5, 0.6) is 5.75 Å². The molecule has 1 fully saturated rings. The number of nitrogens with two attached hydrogens (primary N) is 1. The van der Waals surface area contributed by atoms with Crippen LogP contribution < -0.4 is 10.5 Å². The van der Waals surface area contributed by atoms with Crippen LogP contribution in [0.15, 0.2) is 48.5 Å². The van der Waals surface area contributed by atoms with E-state index in [4.69, 9.17) is 10.5 Å². The molecule has 0 saturated carbocycles. The van der Waals surface area contributed by atoms with E-state index in [0.29, 0.717) is 43.7 Å². The van der Waals surface area contributed by atoms with Crippen LogP contribution in [0, 0.1) is 5.92 Å². The van der Waals surface area contributed by atoms with Gasteiger partial charge in [0.1, 0.15) is 5.75 Å². The van der Waals surface area contributed by atoms with Crippen molar-refractivity contribution < 1.29 is 19.1 Å². The van der Waals surface area contributed by atoms with Crippen LogP contribution in [0.1, 0.15) is 65.3 Å². The fourth-order valence-electron chi connectivity index (χ4n) is 5.04. The molecule has 0 spiro atoms. The van der Waals surface area contributed by atoms with E-state index in [0.717, 1.165) is 31.3 Å². The second-order valence-corrected chi connectivity index (χ2v) is 9.82. The van der Waals surface area contributed by atoms with Gasteiger partial charge in [-0.25, -0.2) is 10.0 Å². The Morgan fingerprint density at radius 3 is 2.47 bits per heavy atom. The average molecular weight is 493 g/mol. The Labute approximate surface area is 213 Å². The molecule has 2 heterocycles. The summed E-state index contributed by atoms with van der Waals surface area (Å²) < 4.78 is 6.02. The van der Waals surface area contributed by atoms with Gasteiger partial charge in [-0.05, 0) is 68.0 Å². The minimum absolute atomic E-state index is 0.193. The van der Waals surface area contributed by atoms with E-state index in [1.165, 1.54) is 23.4 Å². The zero-order chi connectivity index (χ0) is 25.5. The van der Waals surface area contributed by atoms with Crippen molar-refractivity contribution in [2.45, 2.75) is 45.6 Å². The summed E-state index contributed by atoms with van der Waals surface area (Å²) in [4.78, 5) is 39.6. The van der Waals surface area contributed by atoms with E-state index in [1.807, 2.05) is 12.1 Å². The normalized spacial score (nSPS) is 18.1. The lowest BCUT2D eigenvalue weighted by Crippen LogP contribution is -2.47. The third-order valence-corrected chi connectivity index (χ3v) is 6.77. The predicted octanol–water partition coefficient (Wildman–Crippen LogP) is 3.47. The largest absolute Gasteiger partial charge is 0.494 e. The number of carbonyl (C=O) groups excluding carboxylic acids is 3. The fraction of sp³-hybridized carbons (Fsp3) is 0.464. The van der Waals surface area contributed by atoms with Crippen molar-refractivity contribution in [2.75, 3.05) is 32.8 Å². The topological polar surface area (TPSA) is 96.2 Å². The SMILES string of the molecule is CC1CCCN(Cc2cccc(OCCCN(CCCC(N)=O)N3C(=O)c4ccccc4C3=O)c2)C1. The first-order chi connectivity index (χ1) is 17.4. The number of imide groups is 1. The number of likely N-dealkylation sites (tertiary alicyclic amines) is 1. The van der Waals surface area contributed by atoms with Crippen LogP contribution in [0.4, 0.5) is 0 Å². The second kappa shape index (κ2) is 12.1.